The van der Waals surface area contributed by atoms with Crippen molar-refractivity contribution in [3.05, 3.63) is 17.5 Å². The number of hydrogen-bond donors (Lipinski definition) is 1. The molecule has 5 nitrogen and oxygen atoms in total. The first-order valence-corrected chi connectivity index (χ1v) is 6.80. The highest BCUT2D eigenvalue weighted by atomic mass is 16.4. The Morgan fingerprint density at radius 2 is 2.11 bits per heavy atom. The summed E-state index contributed by atoms with van der Waals surface area (Å²) in [7, 11) is 2.00. The van der Waals surface area contributed by atoms with Crippen LogP contribution < -0.4 is 4.90 Å². The molecule has 1 aromatic rings. The van der Waals surface area contributed by atoms with Gasteiger partial charge in [0, 0.05) is 19.3 Å². The van der Waals surface area contributed by atoms with Crippen LogP contribution in [0.2, 0.25) is 0 Å². The molecule has 1 fully saturated rings. The van der Waals surface area contributed by atoms with Gasteiger partial charge in [-0.2, -0.15) is 0 Å². The van der Waals surface area contributed by atoms with E-state index in [9.17, 15) is 4.79 Å². The minimum absolute atomic E-state index is 0.175. The number of carbonyl (C=O) groups is 1. The van der Waals surface area contributed by atoms with Crippen molar-refractivity contribution in [2.45, 2.75) is 45.6 Å². The van der Waals surface area contributed by atoms with Crippen LogP contribution >= 0.6 is 0 Å². The highest BCUT2D eigenvalue weighted by Gasteiger charge is 2.26. The van der Waals surface area contributed by atoms with E-state index in [0.29, 0.717) is 23.6 Å². The van der Waals surface area contributed by atoms with Gasteiger partial charge in [0.2, 0.25) is 5.95 Å². The summed E-state index contributed by atoms with van der Waals surface area (Å²) < 4.78 is 0. The predicted octanol–water partition coefficient (Wildman–Crippen LogP) is 2.50. The van der Waals surface area contributed by atoms with Gasteiger partial charge in [0.05, 0.1) is 11.3 Å². The number of aryl methyl sites for hydroxylation is 1. The minimum Gasteiger partial charge on any atom is -0.478 e. The SMILES string of the molecule is Cc1nc(N(C)C2CCCCC2C)ncc1C(=O)O. The molecule has 5 heteroatoms. The van der Waals surface area contributed by atoms with E-state index in [2.05, 4.69) is 21.8 Å². The summed E-state index contributed by atoms with van der Waals surface area (Å²) in [6, 6.07) is 0.448. The van der Waals surface area contributed by atoms with Crippen LogP contribution in [0, 0.1) is 12.8 Å². The third-order valence-corrected chi connectivity index (χ3v) is 4.08. The molecular formula is C14H21N3O2. The molecule has 1 aliphatic carbocycles. The maximum atomic E-state index is 11.0. The molecule has 19 heavy (non-hydrogen) atoms. The lowest BCUT2D eigenvalue weighted by atomic mass is 9.85. The molecule has 0 bridgehead atoms. The average molecular weight is 263 g/mol. The Hall–Kier alpha value is -1.65. The van der Waals surface area contributed by atoms with Crippen molar-refractivity contribution in [3.63, 3.8) is 0 Å². The lowest BCUT2D eigenvalue weighted by molar-refractivity contribution is 0.0695. The van der Waals surface area contributed by atoms with Gasteiger partial charge in [-0.25, -0.2) is 14.8 Å². The van der Waals surface area contributed by atoms with Gasteiger partial charge in [0.25, 0.3) is 0 Å². The number of carboxylic acids is 1. The molecule has 0 aliphatic heterocycles. The van der Waals surface area contributed by atoms with Gasteiger partial charge >= 0.3 is 5.97 Å². The van der Waals surface area contributed by atoms with Crippen molar-refractivity contribution in [3.8, 4) is 0 Å². The van der Waals surface area contributed by atoms with Crippen LogP contribution in [0.1, 0.15) is 48.7 Å². The standard InChI is InChI=1S/C14H21N3O2/c1-9-6-4-5-7-12(9)17(3)14-15-8-11(13(18)19)10(2)16-14/h8-9,12H,4-7H2,1-3H3,(H,18,19). The van der Waals surface area contributed by atoms with Crippen molar-refractivity contribution in [2.24, 2.45) is 5.92 Å². The molecule has 2 atom stereocenters. The molecule has 1 aromatic heterocycles. The third-order valence-electron chi connectivity index (χ3n) is 4.08. The molecule has 0 saturated heterocycles. The Labute approximate surface area is 113 Å². The smallest absolute Gasteiger partial charge is 0.339 e. The maximum Gasteiger partial charge on any atom is 0.339 e. The van der Waals surface area contributed by atoms with Crippen molar-refractivity contribution in [1.82, 2.24) is 9.97 Å². The molecule has 104 valence electrons. The Balaban J connectivity index is 2.21. The van der Waals surface area contributed by atoms with Gasteiger partial charge in [0.15, 0.2) is 0 Å². The van der Waals surface area contributed by atoms with E-state index in [0.717, 1.165) is 6.42 Å². The molecule has 1 saturated carbocycles. The number of carboxylic acid groups (broad SMARTS) is 1. The van der Waals surface area contributed by atoms with Gasteiger partial charge in [-0.15, -0.1) is 0 Å². The zero-order valence-corrected chi connectivity index (χ0v) is 11.8. The summed E-state index contributed by atoms with van der Waals surface area (Å²) in [5.41, 5.74) is 0.696. The first kappa shape index (κ1) is 13.8. The second kappa shape index (κ2) is 5.55. The average Bonchev–Trinajstić information content (AvgIpc) is 2.38. The number of rotatable bonds is 3. The van der Waals surface area contributed by atoms with Crippen molar-refractivity contribution in [1.29, 1.82) is 0 Å². The van der Waals surface area contributed by atoms with Crippen LogP contribution in [0.15, 0.2) is 6.20 Å². The van der Waals surface area contributed by atoms with E-state index < -0.39 is 5.97 Å². The van der Waals surface area contributed by atoms with Crippen molar-refractivity contribution in [2.75, 3.05) is 11.9 Å². The summed E-state index contributed by atoms with van der Waals surface area (Å²) in [4.78, 5) is 21.6. The lowest BCUT2D eigenvalue weighted by Gasteiger charge is -2.36. The normalized spacial score (nSPS) is 23.1. The summed E-state index contributed by atoms with van der Waals surface area (Å²) in [5, 5.41) is 8.99. The highest BCUT2D eigenvalue weighted by Crippen LogP contribution is 2.29. The molecule has 1 heterocycles. The first-order chi connectivity index (χ1) is 9.00. The fourth-order valence-corrected chi connectivity index (χ4v) is 2.86. The fourth-order valence-electron chi connectivity index (χ4n) is 2.86. The van der Waals surface area contributed by atoms with Crippen molar-refractivity contribution >= 4 is 11.9 Å². The molecule has 2 rings (SSSR count). The van der Waals surface area contributed by atoms with Crippen molar-refractivity contribution < 1.29 is 9.90 Å². The quantitative estimate of drug-likeness (QED) is 0.907. The molecule has 0 aromatic carbocycles. The number of anilines is 1. The van der Waals surface area contributed by atoms with Gasteiger partial charge in [-0.3, -0.25) is 0 Å². The van der Waals surface area contributed by atoms with Crippen LogP contribution in [0.5, 0.6) is 0 Å². The van der Waals surface area contributed by atoms with Crippen LogP contribution in [-0.2, 0) is 0 Å². The van der Waals surface area contributed by atoms with Crippen LogP contribution in [-0.4, -0.2) is 34.1 Å². The highest BCUT2D eigenvalue weighted by molar-refractivity contribution is 5.88. The second-order valence-electron chi connectivity index (χ2n) is 5.41. The van der Waals surface area contributed by atoms with E-state index in [1.165, 1.54) is 25.5 Å². The van der Waals surface area contributed by atoms with Gasteiger partial charge in [-0.1, -0.05) is 19.8 Å². The lowest BCUT2D eigenvalue weighted by Crippen LogP contribution is -2.40. The van der Waals surface area contributed by atoms with E-state index in [1.54, 1.807) is 6.92 Å². The fraction of sp³-hybridized carbons (Fsp3) is 0.643. The third kappa shape index (κ3) is 2.85. The number of hydrogen-bond acceptors (Lipinski definition) is 4. The van der Waals surface area contributed by atoms with Crippen LogP contribution in [0.3, 0.4) is 0 Å². The number of aromatic carboxylic acids is 1. The zero-order chi connectivity index (χ0) is 14.0. The van der Waals surface area contributed by atoms with Crippen LogP contribution in [0.4, 0.5) is 5.95 Å². The molecule has 0 amide bonds. The molecule has 1 aliphatic rings. The van der Waals surface area contributed by atoms with E-state index in [1.807, 2.05) is 7.05 Å². The Morgan fingerprint density at radius 3 is 2.68 bits per heavy atom. The predicted molar refractivity (Wildman–Crippen MR) is 73.6 cm³/mol. The Kier molecular flexibility index (Phi) is 4.02. The van der Waals surface area contributed by atoms with Gasteiger partial charge < -0.3 is 10.0 Å². The van der Waals surface area contributed by atoms with E-state index in [4.69, 9.17) is 5.11 Å². The summed E-state index contributed by atoms with van der Waals surface area (Å²) >= 11 is 0. The molecule has 0 spiro atoms. The summed E-state index contributed by atoms with van der Waals surface area (Å²) in [6.07, 6.45) is 6.33. The molecule has 1 N–H and O–H groups in total. The largest absolute Gasteiger partial charge is 0.478 e. The molecule has 2 unspecified atom stereocenters. The Bertz CT molecular complexity index is 476. The van der Waals surface area contributed by atoms with Crippen LogP contribution in [0.25, 0.3) is 0 Å². The first-order valence-electron chi connectivity index (χ1n) is 6.80. The number of aromatic nitrogens is 2. The minimum atomic E-state index is -0.974. The zero-order valence-electron chi connectivity index (χ0n) is 11.8. The van der Waals surface area contributed by atoms with Gasteiger partial charge in [0.1, 0.15) is 0 Å². The summed E-state index contributed by atoms with van der Waals surface area (Å²) in [6.45, 7) is 3.98. The summed E-state index contributed by atoms with van der Waals surface area (Å²) in [5.74, 6) is 0.279. The monoisotopic (exact) mass is 263 g/mol. The maximum absolute atomic E-state index is 11.0. The Morgan fingerprint density at radius 1 is 1.42 bits per heavy atom. The van der Waals surface area contributed by atoms with E-state index in [-0.39, 0.29) is 5.56 Å². The van der Waals surface area contributed by atoms with E-state index >= 15 is 0 Å². The second-order valence-corrected chi connectivity index (χ2v) is 5.41. The van der Waals surface area contributed by atoms with Gasteiger partial charge in [-0.05, 0) is 25.7 Å². The molecular weight excluding hydrogens is 242 g/mol. The topological polar surface area (TPSA) is 66.3 Å². The number of nitrogens with zero attached hydrogens (tertiary/aromatic N) is 3. The molecule has 0 radical (unpaired) electrons.